The largest absolute Gasteiger partial charge is 0.478 e. The summed E-state index contributed by atoms with van der Waals surface area (Å²) in [7, 11) is 0. The molecule has 0 heterocycles. The fourth-order valence-electron chi connectivity index (χ4n) is 2.45. The van der Waals surface area contributed by atoms with Crippen molar-refractivity contribution in [2.24, 2.45) is 0 Å². The van der Waals surface area contributed by atoms with Crippen LogP contribution in [0.2, 0.25) is 0 Å². The topological polar surface area (TPSA) is 46.5 Å². The minimum atomic E-state index is -0.955. The summed E-state index contributed by atoms with van der Waals surface area (Å²) in [5, 5.41) is 9.03. The van der Waals surface area contributed by atoms with Crippen molar-refractivity contribution in [1.29, 1.82) is 0 Å². The van der Waals surface area contributed by atoms with Crippen LogP contribution in [0.5, 0.6) is 5.75 Å². The first-order chi connectivity index (χ1) is 9.06. The Hall–Kier alpha value is -1.95. The molecule has 3 nitrogen and oxygen atoms in total. The molecule has 1 saturated carbocycles. The van der Waals surface area contributed by atoms with E-state index in [0.717, 1.165) is 31.2 Å². The lowest BCUT2D eigenvalue weighted by Gasteiger charge is -2.33. The predicted molar refractivity (Wildman–Crippen MR) is 73.4 cm³/mol. The first-order valence-electron chi connectivity index (χ1n) is 6.57. The van der Waals surface area contributed by atoms with E-state index in [1.165, 1.54) is 6.42 Å². The summed E-state index contributed by atoms with van der Waals surface area (Å²) in [5.74, 6) is 2.40. The summed E-state index contributed by atoms with van der Waals surface area (Å²) in [6.45, 7) is 1.90. The van der Waals surface area contributed by atoms with Gasteiger partial charge in [-0.15, -0.1) is 6.42 Å². The van der Waals surface area contributed by atoms with Crippen molar-refractivity contribution in [3.63, 3.8) is 0 Å². The molecule has 3 heteroatoms. The Kier molecular flexibility index (Phi) is 3.80. The van der Waals surface area contributed by atoms with Crippen LogP contribution in [-0.2, 0) is 0 Å². The smallest absolute Gasteiger partial charge is 0.335 e. The van der Waals surface area contributed by atoms with E-state index < -0.39 is 11.6 Å². The maximum absolute atomic E-state index is 11.0. The van der Waals surface area contributed by atoms with Crippen LogP contribution in [0.25, 0.3) is 0 Å². The molecule has 1 aromatic rings. The molecule has 1 N–H and O–H groups in total. The van der Waals surface area contributed by atoms with Gasteiger partial charge in [0.05, 0.1) is 5.56 Å². The minimum absolute atomic E-state index is 0.226. The molecule has 1 fully saturated rings. The highest BCUT2D eigenvalue weighted by Crippen LogP contribution is 2.34. The number of carbonyl (C=O) groups is 1. The van der Waals surface area contributed by atoms with Gasteiger partial charge in [0.1, 0.15) is 5.75 Å². The van der Waals surface area contributed by atoms with Crippen molar-refractivity contribution >= 4 is 5.97 Å². The monoisotopic (exact) mass is 258 g/mol. The molecule has 0 radical (unpaired) electrons. The van der Waals surface area contributed by atoms with Crippen LogP contribution in [0, 0.1) is 19.3 Å². The average molecular weight is 258 g/mol. The van der Waals surface area contributed by atoms with E-state index in [1.807, 2.05) is 6.92 Å². The molecule has 19 heavy (non-hydrogen) atoms. The second kappa shape index (κ2) is 5.36. The van der Waals surface area contributed by atoms with E-state index in [1.54, 1.807) is 18.2 Å². The van der Waals surface area contributed by atoms with Crippen molar-refractivity contribution in [1.82, 2.24) is 0 Å². The van der Waals surface area contributed by atoms with E-state index in [9.17, 15) is 4.79 Å². The highest BCUT2D eigenvalue weighted by Gasteiger charge is 2.32. The Bertz CT molecular complexity index is 519. The normalized spacial score (nSPS) is 17.5. The zero-order valence-corrected chi connectivity index (χ0v) is 11.1. The van der Waals surface area contributed by atoms with Gasteiger partial charge in [-0.3, -0.25) is 0 Å². The van der Waals surface area contributed by atoms with E-state index in [2.05, 4.69) is 5.92 Å². The van der Waals surface area contributed by atoms with Gasteiger partial charge in [0.25, 0.3) is 0 Å². The second-order valence-corrected chi connectivity index (χ2v) is 5.09. The lowest BCUT2D eigenvalue weighted by molar-refractivity contribution is 0.0690. The number of rotatable bonds is 3. The molecular formula is C16H18O3. The summed E-state index contributed by atoms with van der Waals surface area (Å²) in [4.78, 5) is 11.0. The molecule has 1 aliphatic rings. The Morgan fingerprint density at radius 2 is 2.05 bits per heavy atom. The van der Waals surface area contributed by atoms with Gasteiger partial charge in [-0.25, -0.2) is 4.79 Å². The number of ether oxygens (including phenoxy) is 1. The third-order valence-electron chi connectivity index (χ3n) is 3.66. The Morgan fingerprint density at radius 1 is 1.37 bits per heavy atom. The molecule has 100 valence electrons. The van der Waals surface area contributed by atoms with Crippen molar-refractivity contribution < 1.29 is 14.6 Å². The fourth-order valence-corrected chi connectivity index (χ4v) is 2.45. The van der Waals surface area contributed by atoms with Gasteiger partial charge in [-0.05, 0) is 50.3 Å². The summed E-state index contributed by atoms with van der Waals surface area (Å²) in [5.41, 5.74) is 0.564. The van der Waals surface area contributed by atoms with E-state index in [4.69, 9.17) is 16.3 Å². The third-order valence-corrected chi connectivity index (χ3v) is 3.66. The summed E-state index contributed by atoms with van der Waals surface area (Å²) < 4.78 is 6.01. The zero-order chi connectivity index (χ0) is 13.9. The number of hydrogen-bond donors (Lipinski definition) is 1. The van der Waals surface area contributed by atoms with Crippen molar-refractivity contribution in [3.8, 4) is 18.1 Å². The van der Waals surface area contributed by atoms with Gasteiger partial charge < -0.3 is 9.84 Å². The van der Waals surface area contributed by atoms with Crippen molar-refractivity contribution in [3.05, 3.63) is 29.3 Å². The van der Waals surface area contributed by atoms with Crippen LogP contribution in [0.3, 0.4) is 0 Å². The van der Waals surface area contributed by atoms with Crippen LogP contribution in [0.1, 0.15) is 48.0 Å². The first kappa shape index (κ1) is 13.5. The van der Waals surface area contributed by atoms with Gasteiger partial charge in [-0.2, -0.15) is 0 Å². The maximum atomic E-state index is 11.0. The Morgan fingerprint density at radius 3 is 2.63 bits per heavy atom. The minimum Gasteiger partial charge on any atom is -0.478 e. The van der Waals surface area contributed by atoms with E-state index >= 15 is 0 Å². The lowest BCUT2D eigenvalue weighted by Crippen LogP contribution is -2.36. The lowest BCUT2D eigenvalue weighted by atomic mass is 9.85. The number of terminal acetylenes is 1. The maximum Gasteiger partial charge on any atom is 0.335 e. The predicted octanol–water partition coefficient (Wildman–Crippen LogP) is 3.41. The molecule has 1 aromatic carbocycles. The van der Waals surface area contributed by atoms with Gasteiger partial charge in [0.2, 0.25) is 0 Å². The van der Waals surface area contributed by atoms with Gasteiger partial charge >= 0.3 is 5.97 Å². The van der Waals surface area contributed by atoms with Crippen LogP contribution in [0.15, 0.2) is 18.2 Å². The SMILES string of the molecule is C#CC1(Oc2cc(C(=O)O)ccc2C)CCCCC1. The second-order valence-electron chi connectivity index (χ2n) is 5.09. The van der Waals surface area contributed by atoms with Crippen molar-refractivity contribution in [2.75, 3.05) is 0 Å². The van der Waals surface area contributed by atoms with Crippen molar-refractivity contribution in [2.45, 2.75) is 44.6 Å². The number of aryl methyl sites for hydroxylation is 1. The highest BCUT2D eigenvalue weighted by atomic mass is 16.5. The standard InChI is InChI=1S/C16H18O3/c1-3-16(9-5-4-6-10-16)19-14-11-13(15(17)18)8-7-12(14)2/h1,7-8,11H,4-6,9-10H2,2H3,(H,17,18). The Labute approximate surface area is 113 Å². The quantitative estimate of drug-likeness (QED) is 0.845. The molecule has 0 saturated heterocycles. The molecule has 0 aromatic heterocycles. The summed E-state index contributed by atoms with van der Waals surface area (Å²) in [6, 6.07) is 4.89. The molecule has 0 amide bonds. The molecule has 1 aliphatic carbocycles. The molecule has 0 spiro atoms. The molecular weight excluding hydrogens is 240 g/mol. The summed E-state index contributed by atoms with van der Waals surface area (Å²) >= 11 is 0. The molecule has 2 rings (SSSR count). The number of aromatic carboxylic acids is 1. The number of benzene rings is 1. The fraction of sp³-hybridized carbons (Fsp3) is 0.438. The number of carboxylic acid groups (broad SMARTS) is 1. The molecule has 0 unspecified atom stereocenters. The van der Waals surface area contributed by atoms with Crippen LogP contribution < -0.4 is 4.74 Å². The van der Waals surface area contributed by atoms with Crippen LogP contribution in [-0.4, -0.2) is 16.7 Å². The molecule has 0 atom stereocenters. The average Bonchev–Trinajstić information content (AvgIpc) is 2.42. The molecule has 0 bridgehead atoms. The summed E-state index contributed by atoms with van der Waals surface area (Å²) in [6.07, 6.45) is 10.6. The van der Waals surface area contributed by atoms with Gasteiger partial charge in [0.15, 0.2) is 5.60 Å². The number of carboxylic acids is 1. The van der Waals surface area contributed by atoms with Crippen LogP contribution >= 0.6 is 0 Å². The molecule has 0 aliphatic heterocycles. The Balaban J connectivity index is 2.29. The third kappa shape index (κ3) is 2.90. The highest BCUT2D eigenvalue weighted by molar-refractivity contribution is 5.88. The van der Waals surface area contributed by atoms with Gasteiger partial charge in [0, 0.05) is 0 Å². The van der Waals surface area contributed by atoms with Crippen LogP contribution in [0.4, 0.5) is 0 Å². The first-order valence-corrected chi connectivity index (χ1v) is 6.57. The van der Waals surface area contributed by atoms with E-state index in [-0.39, 0.29) is 5.56 Å². The zero-order valence-electron chi connectivity index (χ0n) is 11.1. The van der Waals surface area contributed by atoms with Gasteiger partial charge in [-0.1, -0.05) is 18.4 Å². The number of hydrogen-bond acceptors (Lipinski definition) is 2. The van der Waals surface area contributed by atoms with E-state index in [0.29, 0.717) is 5.75 Å².